The molecule has 4 N–H and O–H groups in total. The molecular formula is C10H10O6. The highest BCUT2D eigenvalue weighted by Crippen LogP contribution is 2.41. The largest absolute Gasteiger partial charge is 0.504 e. The van der Waals surface area contributed by atoms with Gasteiger partial charge in [0.15, 0.2) is 17.2 Å². The van der Waals surface area contributed by atoms with Crippen molar-refractivity contribution in [2.75, 3.05) is 0 Å². The lowest BCUT2D eigenvalue weighted by atomic mass is 10.2. The summed E-state index contributed by atoms with van der Waals surface area (Å²) in [6, 6.07) is 2.28. The number of phenols is 2. The minimum absolute atomic E-state index is 0. The van der Waals surface area contributed by atoms with Gasteiger partial charge in [0.2, 0.25) is 5.75 Å². The third kappa shape index (κ3) is 1.40. The van der Waals surface area contributed by atoms with Crippen molar-refractivity contribution in [1.29, 1.82) is 0 Å². The van der Waals surface area contributed by atoms with E-state index >= 15 is 0 Å². The van der Waals surface area contributed by atoms with Crippen LogP contribution in [0, 0.1) is 0 Å². The average molecular weight is 226 g/mol. The summed E-state index contributed by atoms with van der Waals surface area (Å²) in [5, 5.41) is 36.6. The lowest BCUT2D eigenvalue weighted by molar-refractivity contribution is 0.371. The topological polar surface area (TPSA) is 111 Å². The summed E-state index contributed by atoms with van der Waals surface area (Å²) in [6.07, 6.45) is 0. The predicted molar refractivity (Wildman–Crippen MR) is 55.9 cm³/mol. The van der Waals surface area contributed by atoms with Crippen LogP contribution in [0.5, 0.6) is 23.0 Å². The second-order valence-corrected chi connectivity index (χ2v) is 2.89. The van der Waals surface area contributed by atoms with Crippen LogP contribution in [-0.4, -0.2) is 20.4 Å². The molecule has 0 atom stereocenters. The van der Waals surface area contributed by atoms with E-state index in [-0.39, 0.29) is 18.4 Å². The monoisotopic (exact) mass is 226 g/mol. The fourth-order valence-corrected chi connectivity index (χ4v) is 1.24. The summed E-state index contributed by atoms with van der Waals surface area (Å²) in [5.41, 5.74) is -1.25. The molecule has 1 aromatic heterocycles. The highest BCUT2D eigenvalue weighted by Gasteiger charge is 2.17. The van der Waals surface area contributed by atoms with Crippen LogP contribution in [0.3, 0.4) is 0 Å². The Balaban J connectivity index is 0.00000128. The fraction of sp³-hybridized carbons (Fsp3) is 0.100. The number of hydrogen-bond donors (Lipinski definition) is 4. The molecule has 0 fully saturated rings. The Bertz CT molecular complexity index is 598. The van der Waals surface area contributed by atoms with Gasteiger partial charge in [-0.1, -0.05) is 7.43 Å². The van der Waals surface area contributed by atoms with Gasteiger partial charge in [0, 0.05) is 0 Å². The molecule has 0 radical (unpaired) electrons. The highest BCUT2D eigenvalue weighted by molar-refractivity contribution is 5.92. The van der Waals surface area contributed by atoms with E-state index in [1.807, 2.05) is 0 Å². The second-order valence-electron chi connectivity index (χ2n) is 2.89. The zero-order valence-electron chi connectivity index (χ0n) is 7.26. The summed E-state index contributed by atoms with van der Waals surface area (Å²) in [5.74, 6) is -2.99. The Morgan fingerprint density at radius 1 is 0.938 bits per heavy atom. The minimum atomic E-state index is -1.12. The summed E-state index contributed by atoms with van der Waals surface area (Å²) in [4.78, 5) is 10.9. The van der Waals surface area contributed by atoms with E-state index in [4.69, 9.17) is 10.2 Å². The quantitative estimate of drug-likeness (QED) is 0.397. The number of rotatable bonds is 0. The van der Waals surface area contributed by atoms with Gasteiger partial charge in [0.05, 0.1) is 0 Å². The van der Waals surface area contributed by atoms with Gasteiger partial charge in [0.1, 0.15) is 11.0 Å². The van der Waals surface area contributed by atoms with E-state index in [9.17, 15) is 15.0 Å². The molecule has 2 aromatic rings. The van der Waals surface area contributed by atoms with Gasteiger partial charge in [-0.15, -0.1) is 0 Å². The van der Waals surface area contributed by atoms with Crippen LogP contribution < -0.4 is 5.63 Å². The summed E-state index contributed by atoms with van der Waals surface area (Å²) < 4.78 is 4.57. The molecule has 0 amide bonds. The summed E-state index contributed by atoms with van der Waals surface area (Å²) >= 11 is 0. The molecule has 0 aliphatic carbocycles. The molecule has 2 rings (SSSR count). The number of phenolic OH excluding ortho intramolecular Hbond substituents is 2. The lowest BCUT2D eigenvalue weighted by Crippen LogP contribution is -1.97. The van der Waals surface area contributed by atoms with Gasteiger partial charge < -0.3 is 24.8 Å². The molecule has 1 heterocycles. The van der Waals surface area contributed by atoms with Gasteiger partial charge in [-0.3, -0.25) is 0 Å². The van der Waals surface area contributed by atoms with Crippen LogP contribution in [0.4, 0.5) is 0 Å². The Hall–Kier alpha value is -2.37. The maximum atomic E-state index is 10.9. The normalized spacial score (nSPS) is 10.0. The van der Waals surface area contributed by atoms with Gasteiger partial charge >= 0.3 is 5.63 Å². The van der Waals surface area contributed by atoms with Crippen molar-refractivity contribution in [3.05, 3.63) is 22.6 Å². The van der Waals surface area contributed by atoms with E-state index in [1.54, 1.807) is 0 Å². The average Bonchev–Trinajstić information content (AvgIpc) is 2.20. The Morgan fingerprint density at radius 3 is 2.19 bits per heavy atom. The molecule has 16 heavy (non-hydrogen) atoms. The maximum Gasteiger partial charge on any atom is 0.382 e. The molecule has 0 saturated carbocycles. The second kappa shape index (κ2) is 3.65. The smallest absolute Gasteiger partial charge is 0.382 e. The number of benzene rings is 1. The number of aromatic hydroxyl groups is 4. The van der Waals surface area contributed by atoms with Gasteiger partial charge in [-0.2, -0.15) is 0 Å². The van der Waals surface area contributed by atoms with Crippen molar-refractivity contribution in [3.8, 4) is 23.0 Å². The van der Waals surface area contributed by atoms with Gasteiger partial charge in [-0.05, 0) is 12.1 Å². The van der Waals surface area contributed by atoms with Crippen molar-refractivity contribution < 1.29 is 24.8 Å². The molecule has 0 aliphatic heterocycles. The molecule has 1 aromatic carbocycles. The SMILES string of the molecule is C.O=c1oc2ccc(O)c(O)c2c(O)c1O. The van der Waals surface area contributed by atoms with Gasteiger partial charge in [-0.25, -0.2) is 4.79 Å². The van der Waals surface area contributed by atoms with E-state index in [0.717, 1.165) is 6.07 Å². The van der Waals surface area contributed by atoms with Crippen LogP contribution >= 0.6 is 0 Å². The van der Waals surface area contributed by atoms with E-state index in [2.05, 4.69) is 4.42 Å². The van der Waals surface area contributed by atoms with Crippen LogP contribution in [0.1, 0.15) is 7.43 Å². The first-order chi connectivity index (χ1) is 7.02. The van der Waals surface area contributed by atoms with E-state index in [0.29, 0.717) is 0 Å². The van der Waals surface area contributed by atoms with Crippen molar-refractivity contribution >= 4 is 11.0 Å². The molecule has 0 saturated heterocycles. The molecule has 6 nitrogen and oxygen atoms in total. The Kier molecular flexibility index (Phi) is 2.67. The molecule has 0 aliphatic rings. The molecule has 0 bridgehead atoms. The molecular weight excluding hydrogens is 216 g/mol. The fourth-order valence-electron chi connectivity index (χ4n) is 1.24. The number of hydrogen-bond acceptors (Lipinski definition) is 6. The van der Waals surface area contributed by atoms with Crippen molar-refractivity contribution in [1.82, 2.24) is 0 Å². The van der Waals surface area contributed by atoms with Crippen molar-refractivity contribution in [2.45, 2.75) is 7.43 Å². The highest BCUT2D eigenvalue weighted by atomic mass is 16.4. The lowest BCUT2D eigenvalue weighted by Gasteiger charge is -2.04. The first kappa shape index (κ1) is 11.7. The zero-order chi connectivity index (χ0) is 11.2. The molecule has 86 valence electrons. The van der Waals surface area contributed by atoms with Crippen LogP contribution in [0.2, 0.25) is 0 Å². The number of fused-ring (bicyclic) bond motifs is 1. The third-order valence-corrected chi connectivity index (χ3v) is 1.98. The molecule has 0 unspecified atom stereocenters. The zero-order valence-corrected chi connectivity index (χ0v) is 7.26. The van der Waals surface area contributed by atoms with Crippen LogP contribution in [0.25, 0.3) is 11.0 Å². The van der Waals surface area contributed by atoms with Crippen LogP contribution in [0.15, 0.2) is 21.3 Å². The van der Waals surface area contributed by atoms with E-state index in [1.165, 1.54) is 6.07 Å². The first-order valence-electron chi connectivity index (χ1n) is 3.92. The Morgan fingerprint density at radius 2 is 1.56 bits per heavy atom. The molecule has 6 heteroatoms. The van der Waals surface area contributed by atoms with Crippen molar-refractivity contribution in [3.63, 3.8) is 0 Å². The van der Waals surface area contributed by atoms with Crippen molar-refractivity contribution in [2.24, 2.45) is 0 Å². The standard InChI is InChI=1S/C9H6O6.CH4/c10-3-1-2-4-5(6(3)11)7(12)8(13)9(14)15-4;/h1-2,10-13H;1H4. The minimum Gasteiger partial charge on any atom is -0.504 e. The van der Waals surface area contributed by atoms with Gasteiger partial charge in [0.25, 0.3) is 0 Å². The van der Waals surface area contributed by atoms with Crippen LogP contribution in [-0.2, 0) is 0 Å². The summed E-state index contributed by atoms with van der Waals surface area (Å²) in [6.45, 7) is 0. The summed E-state index contributed by atoms with van der Waals surface area (Å²) in [7, 11) is 0. The third-order valence-electron chi connectivity index (χ3n) is 1.98. The van der Waals surface area contributed by atoms with E-state index < -0.39 is 28.6 Å². The predicted octanol–water partition coefficient (Wildman–Crippen LogP) is 1.25. The first-order valence-corrected chi connectivity index (χ1v) is 3.92. The maximum absolute atomic E-state index is 10.9. The Labute approximate surface area is 89.6 Å². The molecule has 0 spiro atoms.